The number of rotatable bonds is 4. The zero-order valence-corrected chi connectivity index (χ0v) is 13.3. The number of nitrogens with zero attached hydrogens (tertiary/aromatic N) is 1. The number of amides is 1. The maximum Gasteiger partial charge on any atom is 0.251 e. The fourth-order valence-corrected chi connectivity index (χ4v) is 3.55. The van der Waals surface area contributed by atoms with Crippen LogP contribution >= 0.6 is 0 Å². The van der Waals surface area contributed by atoms with Crippen LogP contribution in [-0.4, -0.2) is 49.6 Å². The Bertz CT molecular complexity index is 462. The van der Waals surface area contributed by atoms with E-state index in [4.69, 9.17) is 0 Å². The van der Waals surface area contributed by atoms with Gasteiger partial charge in [-0.2, -0.15) is 0 Å². The number of carbonyl (C=O) groups excluding carboxylic acids is 1. The third-order valence-corrected chi connectivity index (χ3v) is 4.93. The van der Waals surface area contributed by atoms with E-state index >= 15 is 0 Å². The summed E-state index contributed by atoms with van der Waals surface area (Å²) in [6.07, 6.45) is 4.77. The number of likely N-dealkylation sites (tertiary alicyclic amines) is 1. The average Bonchev–Trinajstić information content (AvgIpc) is 2.58. The molecule has 2 aliphatic heterocycles. The van der Waals surface area contributed by atoms with Crippen LogP contribution in [0.2, 0.25) is 0 Å². The molecule has 0 unspecified atom stereocenters. The average molecular weight is 301 g/mol. The van der Waals surface area contributed by atoms with Crippen molar-refractivity contribution in [2.75, 3.05) is 32.7 Å². The summed E-state index contributed by atoms with van der Waals surface area (Å²) in [6, 6.07) is 9.85. The van der Waals surface area contributed by atoms with Crippen molar-refractivity contribution >= 4 is 5.91 Å². The maximum absolute atomic E-state index is 12.2. The van der Waals surface area contributed by atoms with Crippen molar-refractivity contribution in [1.29, 1.82) is 0 Å². The molecule has 0 aromatic heterocycles. The molecule has 1 aromatic rings. The molecule has 0 saturated carbocycles. The fraction of sp³-hybridized carbons (Fsp3) is 0.611. The molecule has 1 aromatic carbocycles. The van der Waals surface area contributed by atoms with Crippen LogP contribution in [0.1, 0.15) is 36.0 Å². The van der Waals surface area contributed by atoms with Crippen LogP contribution in [0.5, 0.6) is 0 Å². The van der Waals surface area contributed by atoms with E-state index in [9.17, 15) is 4.79 Å². The molecule has 1 amide bonds. The van der Waals surface area contributed by atoms with Crippen LogP contribution in [0, 0.1) is 5.92 Å². The van der Waals surface area contributed by atoms with Crippen molar-refractivity contribution < 1.29 is 4.79 Å². The molecule has 2 saturated heterocycles. The summed E-state index contributed by atoms with van der Waals surface area (Å²) in [6.45, 7) is 5.82. The van der Waals surface area contributed by atoms with E-state index in [0.29, 0.717) is 6.04 Å². The van der Waals surface area contributed by atoms with E-state index in [1.807, 2.05) is 30.3 Å². The Kier molecular flexibility index (Phi) is 5.46. The lowest BCUT2D eigenvalue weighted by atomic mass is 9.96. The molecular formula is C18H27N3O. The van der Waals surface area contributed by atoms with Gasteiger partial charge in [0.2, 0.25) is 0 Å². The van der Waals surface area contributed by atoms with Gasteiger partial charge in [0.1, 0.15) is 0 Å². The Morgan fingerprint density at radius 2 is 1.77 bits per heavy atom. The molecule has 0 atom stereocenters. The number of carbonyl (C=O) groups is 1. The quantitative estimate of drug-likeness (QED) is 0.892. The first-order valence-corrected chi connectivity index (χ1v) is 8.60. The van der Waals surface area contributed by atoms with Crippen molar-refractivity contribution in [1.82, 2.24) is 15.5 Å². The van der Waals surface area contributed by atoms with Gasteiger partial charge in [0.05, 0.1) is 0 Å². The van der Waals surface area contributed by atoms with E-state index in [2.05, 4.69) is 15.5 Å². The second-order valence-electron chi connectivity index (χ2n) is 6.61. The second kappa shape index (κ2) is 7.75. The predicted molar refractivity (Wildman–Crippen MR) is 89.0 cm³/mol. The molecule has 2 aliphatic rings. The summed E-state index contributed by atoms with van der Waals surface area (Å²) in [5.74, 6) is 0.925. The summed E-state index contributed by atoms with van der Waals surface area (Å²) in [5.41, 5.74) is 0.764. The minimum Gasteiger partial charge on any atom is -0.349 e. The van der Waals surface area contributed by atoms with E-state index in [1.54, 1.807) is 0 Å². The number of hydrogen-bond donors (Lipinski definition) is 2. The zero-order chi connectivity index (χ0) is 15.2. The van der Waals surface area contributed by atoms with Crippen molar-refractivity contribution in [3.63, 3.8) is 0 Å². The molecule has 0 aliphatic carbocycles. The Morgan fingerprint density at radius 3 is 2.45 bits per heavy atom. The molecule has 2 heterocycles. The highest BCUT2D eigenvalue weighted by atomic mass is 16.1. The molecule has 2 fully saturated rings. The van der Waals surface area contributed by atoms with Gasteiger partial charge in [0.25, 0.3) is 5.91 Å². The van der Waals surface area contributed by atoms with E-state index < -0.39 is 0 Å². The molecule has 0 bridgehead atoms. The third kappa shape index (κ3) is 4.31. The molecule has 4 heteroatoms. The molecule has 0 spiro atoms. The molecule has 3 rings (SSSR count). The van der Waals surface area contributed by atoms with Gasteiger partial charge in [-0.1, -0.05) is 18.2 Å². The van der Waals surface area contributed by atoms with Crippen molar-refractivity contribution in [2.24, 2.45) is 5.92 Å². The van der Waals surface area contributed by atoms with Gasteiger partial charge in [0.15, 0.2) is 0 Å². The predicted octanol–water partition coefficient (Wildman–Crippen LogP) is 1.88. The third-order valence-electron chi connectivity index (χ3n) is 4.93. The summed E-state index contributed by atoms with van der Waals surface area (Å²) in [5, 5.41) is 6.61. The minimum atomic E-state index is 0.0670. The van der Waals surface area contributed by atoms with E-state index in [-0.39, 0.29) is 5.91 Å². The van der Waals surface area contributed by atoms with Crippen LogP contribution < -0.4 is 10.6 Å². The first-order valence-electron chi connectivity index (χ1n) is 8.60. The second-order valence-corrected chi connectivity index (χ2v) is 6.61. The number of piperidine rings is 2. The van der Waals surface area contributed by atoms with Crippen LogP contribution in [0.4, 0.5) is 0 Å². The van der Waals surface area contributed by atoms with Crippen LogP contribution in [0.3, 0.4) is 0 Å². The molecule has 0 radical (unpaired) electrons. The van der Waals surface area contributed by atoms with Gasteiger partial charge >= 0.3 is 0 Å². The summed E-state index contributed by atoms with van der Waals surface area (Å²) < 4.78 is 0. The van der Waals surface area contributed by atoms with E-state index in [1.165, 1.54) is 32.5 Å². The smallest absolute Gasteiger partial charge is 0.251 e. The normalized spacial score (nSPS) is 21.6. The van der Waals surface area contributed by atoms with Crippen molar-refractivity contribution in [3.8, 4) is 0 Å². The van der Waals surface area contributed by atoms with Crippen LogP contribution in [-0.2, 0) is 0 Å². The molecule has 120 valence electrons. The standard InChI is InChI=1S/C18H27N3O/c22-18(16-4-2-1-3-5-16)20-17-8-12-21(13-9-17)14-15-6-10-19-11-7-15/h1-5,15,17,19H,6-14H2,(H,20,22). The maximum atomic E-state index is 12.2. The summed E-state index contributed by atoms with van der Waals surface area (Å²) in [7, 11) is 0. The Hall–Kier alpha value is -1.39. The number of benzene rings is 1. The molecule has 22 heavy (non-hydrogen) atoms. The topological polar surface area (TPSA) is 44.4 Å². The van der Waals surface area contributed by atoms with Gasteiger partial charge in [-0.3, -0.25) is 4.79 Å². The Morgan fingerprint density at radius 1 is 1.09 bits per heavy atom. The monoisotopic (exact) mass is 301 g/mol. The highest BCUT2D eigenvalue weighted by molar-refractivity contribution is 5.94. The Labute approximate surface area is 133 Å². The first-order chi connectivity index (χ1) is 10.8. The van der Waals surface area contributed by atoms with Crippen LogP contribution in [0.25, 0.3) is 0 Å². The largest absolute Gasteiger partial charge is 0.349 e. The highest BCUT2D eigenvalue weighted by Gasteiger charge is 2.23. The number of nitrogens with one attached hydrogen (secondary N) is 2. The number of hydrogen-bond acceptors (Lipinski definition) is 3. The fourth-order valence-electron chi connectivity index (χ4n) is 3.55. The van der Waals surface area contributed by atoms with Gasteiger partial charge in [-0.05, 0) is 56.8 Å². The molecular weight excluding hydrogens is 274 g/mol. The molecule has 4 nitrogen and oxygen atoms in total. The summed E-state index contributed by atoms with van der Waals surface area (Å²) in [4.78, 5) is 14.8. The molecule has 2 N–H and O–H groups in total. The minimum absolute atomic E-state index is 0.0670. The van der Waals surface area contributed by atoms with Gasteiger partial charge < -0.3 is 15.5 Å². The van der Waals surface area contributed by atoms with Gasteiger partial charge in [-0.15, -0.1) is 0 Å². The van der Waals surface area contributed by atoms with Crippen LogP contribution in [0.15, 0.2) is 30.3 Å². The lowest BCUT2D eigenvalue weighted by molar-refractivity contribution is 0.0902. The van der Waals surface area contributed by atoms with Crippen molar-refractivity contribution in [2.45, 2.75) is 31.7 Å². The lowest BCUT2D eigenvalue weighted by Crippen LogP contribution is -2.46. The first kappa shape index (κ1) is 15.5. The van der Waals surface area contributed by atoms with E-state index in [0.717, 1.165) is 37.4 Å². The SMILES string of the molecule is O=C(NC1CCN(CC2CCNCC2)CC1)c1ccccc1. The van der Waals surface area contributed by atoms with Crippen molar-refractivity contribution in [3.05, 3.63) is 35.9 Å². The Balaban J connectivity index is 1.41. The summed E-state index contributed by atoms with van der Waals surface area (Å²) >= 11 is 0. The highest BCUT2D eigenvalue weighted by Crippen LogP contribution is 2.17. The zero-order valence-electron chi connectivity index (χ0n) is 13.3. The lowest BCUT2D eigenvalue weighted by Gasteiger charge is -2.35. The van der Waals surface area contributed by atoms with Gasteiger partial charge in [-0.25, -0.2) is 0 Å². The van der Waals surface area contributed by atoms with Gasteiger partial charge in [0, 0.05) is 31.2 Å².